The number of nitrogens with one attached hydrogen (secondary N) is 2. The summed E-state index contributed by atoms with van der Waals surface area (Å²) in [6.07, 6.45) is 6.92. The maximum absolute atomic E-state index is 12.3. The SMILES string of the molecule is CCNc1ccc(Cl)c(C(=O)NCC2(SC)CCCC2)n1. The van der Waals surface area contributed by atoms with Crippen molar-refractivity contribution in [2.45, 2.75) is 37.4 Å². The third-order valence-electron chi connectivity index (χ3n) is 3.94. The maximum atomic E-state index is 12.3. The second-order valence-corrected chi connectivity index (χ2v) is 7.02. The van der Waals surface area contributed by atoms with Crippen LogP contribution in [0.1, 0.15) is 43.1 Å². The lowest BCUT2D eigenvalue weighted by Crippen LogP contribution is -2.38. The molecule has 6 heteroatoms. The first-order valence-electron chi connectivity index (χ1n) is 7.34. The lowest BCUT2D eigenvalue weighted by atomic mass is 10.1. The van der Waals surface area contributed by atoms with E-state index in [0.717, 1.165) is 19.4 Å². The molecule has 0 atom stereocenters. The monoisotopic (exact) mass is 327 g/mol. The minimum Gasteiger partial charge on any atom is -0.370 e. The molecule has 1 aliphatic carbocycles. The summed E-state index contributed by atoms with van der Waals surface area (Å²) >= 11 is 7.95. The van der Waals surface area contributed by atoms with Gasteiger partial charge in [0.05, 0.1) is 5.02 Å². The van der Waals surface area contributed by atoms with Gasteiger partial charge >= 0.3 is 0 Å². The molecule has 1 heterocycles. The minimum absolute atomic E-state index is 0.182. The van der Waals surface area contributed by atoms with Gasteiger partial charge in [0.25, 0.3) is 5.91 Å². The van der Waals surface area contributed by atoms with Crippen LogP contribution in [0.3, 0.4) is 0 Å². The highest BCUT2D eigenvalue weighted by atomic mass is 35.5. The number of rotatable bonds is 6. The summed E-state index contributed by atoms with van der Waals surface area (Å²) in [6.45, 7) is 3.42. The van der Waals surface area contributed by atoms with Crippen molar-refractivity contribution in [3.63, 3.8) is 0 Å². The van der Waals surface area contributed by atoms with E-state index in [9.17, 15) is 4.79 Å². The molecule has 2 N–H and O–H groups in total. The van der Waals surface area contributed by atoms with E-state index in [4.69, 9.17) is 11.6 Å². The first kappa shape index (κ1) is 16.4. The Morgan fingerprint density at radius 3 is 2.76 bits per heavy atom. The van der Waals surface area contributed by atoms with Crippen molar-refractivity contribution < 1.29 is 4.79 Å². The first-order valence-corrected chi connectivity index (χ1v) is 8.94. The Balaban J connectivity index is 2.04. The Morgan fingerprint density at radius 2 is 2.14 bits per heavy atom. The van der Waals surface area contributed by atoms with E-state index in [2.05, 4.69) is 21.9 Å². The number of nitrogens with zero attached hydrogens (tertiary/aromatic N) is 1. The van der Waals surface area contributed by atoms with Crippen LogP contribution in [0.2, 0.25) is 5.02 Å². The summed E-state index contributed by atoms with van der Waals surface area (Å²) in [5.74, 6) is 0.479. The normalized spacial score (nSPS) is 16.7. The van der Waals surface area contributed by atoms with E-state index in [0.29, 0.717) is 23.1 Å². The number of amides is 1. The summed E-state index contributed by atoms with van der Waals surface area (Å²) in [6, 6.07) is 3.49. The molecule has 4 nitrogen and oxygen atoms in total. The van der Waals surface area contributed by atoms with Crippen molar-refractivity contribution in [3.8, 4) is 0 Å². The van der Waals surface area contributed by atoms with Crippen molar-refractivity contribution in [2.75, 3.05) is 24.7 Å². The molecule has 21 heavy (non-hydrogen) atoms. The average Bonchev–Trinajstić information content (AvgIpc) is 2.96. The Hall–Kier alpha value is -0.940. The lowest BCUT2D eigenvalue weighted by Gasteiger charge is -2.26. The van der Waals surface area contributed by atoms with Gasteiger partial charge in [-0.2, -0.15) is 11.8 Å². The second kappa shape index (κ2) is 7.36. The summed E-state index contributed by atoms with van der Waals surface area (Å²) in [5, 5.41) is 6.49. The highest BCUT2D eigenvalue weighted by Crippen LogP contribution is 2.39. The van der Waals surface area contributed by atoms with Crippen molar-refractivity contribution in [1.82, 2.24) is 10.3 Å². The van der Waals surface area contributed by atoms with E-state index in [1.54, 1.807) is 12.1 Å². The molecule has 1 aromatic heterocycles. The summed E-state index contributed by atoms with van der Waals surface area (Å²) in [7, 11) is 0. The molecule has 1 amide bonds. The predicted octanol–water partition coefficient (Wildman–Crippen LogP) is 3.57. The largest absolute Gasteiger partial charge is 0.370 e. The molecule has 1 saturated carbocycles. The smallest absolute Gasteiger partial charge is 0.271 e. The lowest BCUT2D eigenvalue weighted by molar-refractivity contribution is 0.0945. The molecule has 1 aromatic rings. The number of thioether (sulfide) groups is 1. The zero-order valence-electron chi connectivity index (χ0n) is 12.5. The standard InChI is InChI=1S/C15H22ClN3OS/c1-3-17-12-7-6-11(16)13(19-12)14(20)18-10-15(21-2)8-4-5-9-15/h6-7H,3-5,8-10H2,1-2H3,(H,17,19)(H,18,20). The summed E-state index contributed by atoms with van der Waals surface area (Å²) < 4.78 is 0.182. The predicted molar refractivity (Wildman–Crippen MR) is 90.5 cm³/mol. The van der Waals surface area contributed by atoms with Gasteiger partial charge in [-0.25, -0.2) is 4.98 Å². The Labute approximate surface area is 135 Å². The maximum Gasteiger partial charge on any atom is 0.271 e. The molecule has 0 unspecified atom stereocenters. The summed E-state index contributed by atoms with van der Waals surface area (Å²) in [4.78, 5) is 16.6. The number of anilines is 1. The van der Waals surface area contributed by atoms with Crippen molar-refractivity contribution in [2.24, 2.45) is 0 Å². The van der Waals surface area contributed by atoms with Gasteiger partial charge in [-0.3, -0.25) is 4.79 Å². The van der Waals surface area contributed by atoms with Crippen LogP contribution in [0.4, 0.5) is 5.82 Å². The molecule has 0 aromatic carbocycles. The Bertz CT molecular complexity index is 504. The van der Waals surface area contributed by atoms with Crippen LogP contribution in [0.25, 0.3) is 0 Å². The van der Waals surface area contributed by atoms with Crippen LogP contribution < -0.4 is 10.6 Å². The molecule has 2 rings (SSSR count). The van der Waals surface area contributed by atoms with Crippen LogP contribution in [0, 0.1) is 0 Å². The van der Waals surface area contributed by atoms with Gasteiger partial charge in [-0.15, -0.1) is 0 Å². The van der Waals surface area contributed by atoms with Gasteiger partial charge in [0.15, 0.2) is 0 Å². The molecular weight excluding hydrogens is 306 g/mol. The molecule has 0 spiro atoms. The van der Waals surface area contributed by atoms with Crippen LogP contribution >= 0.6 is 23.4 Å². The highest BCUT2D eigenvalue weighted by molar-refractivity contribution is 8.00. The van der Waals surface area contributed by atoms with Crippen LogP contribution in [-0.2, 0) is 0 Å². The van der Waals surface area contributed by atoms with Gasteiger partial charge in [-0.05, 0) is 38.2 Å². The Kier molecular flexibility index (Phi) is 5.76. The third-order valence-corrected chi connectivity index (χ3v) is 5.66. The van der Waals surface area contributed by atoms with Crippen molar-refractivity contribution in [3.05, 3.63) is 22.8 Å². The number of aromatic nitrogens is 1. The molecule has 0 bridgehead atoms. The van der Waals surface area contributed by atoms with Crippen LogP contribution in [0.15, 0.2) is 12.1 Å². The van der Waals surface area contributed by atoms with E-state index in [1.807, 2.05) is 18.7 Å². The number of halogens is 1. The number of pyridine rings is 1. The van der Waals surface area contributed by atoms with Crippen molar-refractivity contribution in [1.29, 1.82) is 0 Å². The fraction of sp³-hybridized carbons (Fsp3) is 0.600. The zero-order valence-corrected chi connectivity index (χ0v) is 14.1. The second-order valence-electron chi connectivity index (χ2n) is 5.33. The summed E-state index contributed by atoms with van der Waals surface area (Å²) in [5.41, 5.74) is 0.296. The average molecular weight is 328 g/mol. The van der Waals surface area contributed by atoms with Crippen LogP contribution in [0.5, 0.6) is 0 Å². The molecule has 1 aliphatic rings. The van der Waals surface area contributed by atoms with E-state index in [1.165, 1.54) is 12.8 Å². The van der Waals surface area contributed by atoms with Crippen LogP contribution in [-0.4, -0.2) is 35.0 Å². The highest BCUT2D eigenvalue weighted by Gasteiger charge is 2.33. The topological polar surface area (TPSA) is 54.0 Å². The molecular formula is C15H22ClN3OS. The minimum atomic E-state index is -0.194. The fourth-order valence-corrected chi connectivity index (χ4v) is 3.78. The van der Waals surface area contributed by atoms with Gasteiger partial charge in [0.2, 0.25) is 0 Å². The molecule has 0 aliphatic heterocycles. The van der Waals surface area contributed by atoms with E-state index in [-0.39, 0.29) is 10.7 Å². The van der Waals surface area contributed by atoms with Gasteiger partial charge in [-0.1, -0.05) is 24.4 Å². The van der Waals surface area contributed by atoms with E-state index < -0.39 is 0 Å². The molecule has 0 saturated heterocycles. The number of hydrogen-bond donors (Lipinski definition) is 2. The van der Waals surface area contributed by atoms with Gasteiger partial charge in [0.1, 0.15) is 11.5 Å². The number of hydrogen-bond acceptors (Lipinski definition) is 4. The molecule has 1 fully saturated rings. The quantitative estimate of drug-likeness (QED) is 0.838. The van der Waals surface area contributed by atoms with Crippen molar-refractivity contribution >= 4 is 35.1 Å². The zero-order chi connectivity index (χ0) is 15.3. The van der Waals surface area contributed by atoms with E-state index >= 15 is 0 Å². The Morgan fingerprint density at radius 1 is 1.43 bits per heavy atom. The van der Waals surface area contributed by atoms with Gasteiger partial charge in [0, 0.05) is 17.8 Å². The first-order chi connectivity index (χ1) is 10.1. The number of carbonyl (C=O) groups is 1. The molecule has 0 radical (unpaired) electrons. The van der Waals surface area contributed by atoms with Gasteiger partial charge < -0.3 is 10.6 Å². The molecule has 116 valence electrons. The third kappa shape index (κ3) is 4.04. The fourth-order valence-electron chi connectivity index (χ4n) is 2.68. The number of carbonyl (C=O) groups excluding carboxylic acids is 1.